The number of ether oxygens (including phenoxy) is 1. The molecule has 1 aromatic carbocycles. The minimum atomic E-state index is 0.267. The predicted octanol–water partition coefficient (Wildman–Crippen LogP) is 4.99. The molecule has 1 atom stereocenters. The Morgan fingerprint density at radius 1 is 1.11 bits per heavy atom. The summed E-state index contributed by atoms with van der Waals surface area (Å²) in [6.07, 6.45) is 9.57. The van der Waals surface area contributed by atoms with Crippen LogP contribution < -0.4 is 0 Å². The molecule has 0 saturated heterocycles. The van der Waals surface area contributed by atoms with E-state index < -0.39 is 0 Å². The molecular formula is C17H26O. The van der Waals surface area contributed by atoms with Crippen LogP contribution in [-0.2, 0) is 4.74 Å². The van der Waals surface area contributed by atoms with Crippen LogP contribution in [0.3, 0.4) is 0 Å². The van der Waals surface area contributed by atoms with Crippen LogP contribution in [0.4, 0.5) is 0 Å². The molecule has 0 radical (unpaired) electrons. The number of rotatable bonds is 8. The summed E-state index contributed by atoms with van der Waals surface area (Å²) in [5.74, 6) is 0. The summed E-state index contributed by atoms with van der Waals surface area (Å²) in [6, 6.07) is 8.60. The standard InChI is InChI=1S/C17H26O/c1-4-6-7-8-17(18-5-2)14-13-16-11-9-15(3)10-12-16/h9-14,17H,4-8H2,1-3H3. The summed E-state index contributed by atoms with van der Waals surface area (Å²) in [4.78, 5) is 0. The summed E-state index contributed by atoms with van der Waals surface area (Å²) in [5.41, 5.74) is 2.55. The van der Waals surface area contributed by atoms with E-state index in [2.05, 4.69) is 57.2 Å². The highest BCUT2D eigenvalue weighted by molar-refractivity contribution is 5.50. The summed E-state index contributed by atoms with van der Waals surface area (Å²) < 4.78 is 5.75. The molecule has 0 saturated carbocycles. The molecule has 0 aliphatic rings. The molecule has 0 aliphatic carbocycles. The summed E-state index contributed by atoms with van der Waals surface area (Å²) in [5, 5.41) is 0. The van der Waals surface area contributed by atoms with E-state index in [1.54, 1.807) is 0 Å². The van der Waals surface area contributed by atoms with Crippen LogP contribution in [0.1, 0.15) is 50.7 Å². The second-order valence-electron chi connectivity index (χ2n) is 4.76. The van der Waals surface area contributed by atoms with Gasteiger partial charge in [0.2, 0.25) is 0 Å². The Morgan fingerprint density at radius 3 is 2.44 bits per heavy atom. The molecule has 0 bridgehead atoms. The lowest BCUT2D eigenvalue weighted by molar-refractivity contribution is 0.0889. The van der Waals surface area contributed by atoms with Crippen molar-refractivity contribution in [2.24, 2.45) is 0 Å². The van der Waals surface area contributed by atoms with Gasteiger partial charge in [-0.05, 0) is 25.8 Å². The van der Waals surface area contributed by atoms with E-state index in [1.165, 1.54) is 30.4 Å². The monoisotopic (exact) mass is 246 g/mol. The first-order valence-corrected chi connectivity index (χ1v) is 7.12. The van der Waals surface area contributed by atoms with Crippen molar-refractivity contribution in [2.75, 3.05) is 6.61 Å². The van der Waals surface area contributed by atoms with Gasteiger partial charge in [0.15, 0.2) is 0 Å². The van der Waals surface area contributed by atoms with Crippen LogP contribution in [0.5, 0.6) is 0 Å². The molecule has 1 unspecified atom stereocenters. The molecule has 1 heteroatoms. The fourth-order valence-electron chi connectivity index (χ4n) is 1.94. The molecule has 0 amide bonds. The molecule has 1 rings (SSSR count). The SMILES string of the molecule is CCCCCC(C=Cc1ccc(C)cc1)OCC. The van der Waals surface area contributed by atoms with Gasteiger partial charge in [-0.1, -0.05) is 68.2 Å². The van der Waals surface area contributed by atoms with Gasteiger partial charge < -0.3 is 4.74 Å². The summed E-state index contributed by atoms with van der Waals surface area (Å²) in [6.45, 7) is 7.20. The van der Waals surface area contributed by atoms with Gasteiger partial charge in [0.05, 0.1) is 6.10 Å². The first-order valence-electron chi connectivity index (χ1n) is 7.12. The van der Waals surface area contributed by atoms with Crippen molar-refractivity contribution in [3.05, 3.63) is 41.5 Å². The smallest absolute Gasteiger partial charge is 0.0758 e. The van der Waals surface area contributed by atoms with Gasteiger partial charge in [-0.15, -0.1) is 0 Å². The second kappa shape index (κ2) is 8.93. The van der Waals surface area contributed by atoms with Crippen molar-refractivity contribution < 1.29 is 4.74 Å². The van der Waals surface area contributed by atoms with Crippen molar-refractivity contribution >= 4 is 6.08 Å². The molecule has 100 valence electrons. The zero-order chi connectivity index (χ0) is 13.2. The minimum absolute atomic E-state index is 0.267. The maximum absolute atomic E-state index is 5.75. The molecule has 1 nitrogen and oxygen atoms in total. The second-order valence-corrected chi connectivity index (χ2v) is 4.76. The quantitative estimate of drug-likeness (QED) is 0.587. The third-order valence-corrected chi connectivity index (χ3v) is 3.05. The normalized spacial score (nSPS) is 13.1. The van der Waals surface area contributed by atoms with Gasteiger partial charge in [0.1, 0.15) is 0 Å². The van der Waals surface area contributed by atoms with Gasteiger partial charge in [0, 0.05) is 6.61 Å². The van der Waals surface area contributed by atoms with Crippen LogP contribution in [0.25, 0.3) is 6.08 Å². The average Bonchev–Trinajstić information content (AvgIpc) is 2.38. The average molecular weight is 246 g/mol. The van der Waals surface area contributed by atoms with E-state index in [-0.39, 0.29) is 6.10 Å². The molecular weight excluding hydrogens is 220 g/mol. The van der Waals surface area contributed by atoms with E-state index in [9.17, 15) is 0 Å². The van der Waals surface area contributed by atoms with Crippen molar-refractivity contribution in [1.29, 1.82) is 0 Å². The lowest BCUT2D eigenvalue weighted by Crippen LogP contribution is -2.09. The van der Waals surface area contributed by atoms with E-state index in [0.29, 0.717) is 0 Å². The van der Waals surface area contributed by atoms with Crippen molar-refractivity contribution in [3.8, 4) is 0 Å². The number of hydrogen-bond donors (Lipinski definition) is 0. The van der Waals surface area contributed by atoms with Crippen LogP contribution >= 0.6 is 0 Å². The van der Waals surface area contributed by atoms with E-state index in [0.717, 1.165) is 13.0 Å². The zero-order valence-corrected chi connectivity index (χ0v) is 12.0. The lowest BCUT2D eigenvalue weighted by Gasteiger charge is -2.12. The van der Waals surface area contributed by atoms with Gasteiger partial charge >= 0.3 is 0 Å². The molecule has 1 aromatic rings. The largest absolute Gasteiger partial charge is 0.374 e. The maximum Gasteiger partial charge on any atom is 0.0758 e. The van der Waals surface area contributed by atoms with Gasteiger partial charge in [-0.2, -0.15) is 0 Å². The first kappa shape index (κ1) is 15.0. The van der Waals surface area contributed by atoms with Crippen molar-refractivity contribution in [1.82, 2.24) is 0 Å². The van der Waals surface area contributed by atoms with E-state index in [1.807, 2.05) is 0 Å². The Bertz CT molecular complexity index is 337. The minimum Gasteiger partial charge on any atom is -0.374 e. The van der Waals surface area contributed by atoms with Crippen molar-refractivity contribution in [3.63, 3.8) is 0 Å². The Labute approximate surface area is 112 Å². The maximum atomic E-state index is 5.75. The third-order valence-electron chi connectivity index (χ3n) is 3.05. The van der Waals surface area contributed by atoms with Crippen LogP contribution in [0.2, 0.25) is 0 Å². The Morgan fingerprint density at radius 2 is 1.83 bits per heavy atom. The van der Waals surface area contributed by atoms with Crippen LogP contribution in [0, 0.1) is 6.92 Å². The number of hydrogen-bond acceptors (Lipinski definition) is 1. The molecule has 0 spiro atoms. The van der Waals surface area contributed by atoms with Crippen molar-refractivity contribution in [2.45, 2.75) is 52.6 Å². The Hall–Kier alpha value is -1.08. The number of unbranched alkanes of at least 4 members (excludes halogenated alkanes) is 2. The lowest BCUT2D eigenvalue weighted by atomic mass is 10.1. The molecule has 0 aromatic heterocycles. The highest BCUT2D eigenvalue weighted by Crippen LogP contribution is 2.11. The van der Waals surface area contributed by atoms with Gasteiger partial charge in [-0.3, -0.25) is 0 Å². The number of aryl methyl sites for hydroxylation is 1. The van der Waals surface area contributed by atoms with Crippen LogP contribution in [-0.4, -0.2) is 12.7 Å². The van der Waals surface area contributed by atoms with E-state index in [4.69, 9.17) is 4.74 Å². The fraction of sp³-hybridized carbons (Fsp3) is 0.529. The van der Waals surface area contributed by atoms with E-state index >= 15 is 0 Å². The highest BCUT2D eigenvalue weighted by atomic mass is 16.5. The molecule has 0 heterocycles. The predicted molar refractivity (Wildman–Crippen MR) is 79.8 cm³/mol. The number of benzene rings is 1. The molecule has 0 N–H and O–H groups in total. The molecule has 0 fully saturated rings. The first-order chi connectivity index (χ1) is 8.76. The summed E-state index contributed by atoms with van der Waals surface area (Å²) in [7, 11) is 0. The van der Waals surface area contributed by atoms with Crippen LogP contribution in [0.15, 0.2) is 30.3 Å². The molecule has 0 aliphatic heterocycles. The highest BCUT2D eigenvalue weighted by Gasteiger charge is 2.03. The summed E-state index contributed by atoms with van der Waals surface area (Å²) >= 11 is 0. The zero-order valence-electron chi connectivity index (χ0n) is 12.0. The van der Waals surface area contributed by atoms with Gasteiger partial charge in [0.25, 0.3) is 0 Å². The molecule has 18 heavy (non-hydrogen) atoms. The topological polar surface area (TPSA) is 9.23 Å². The fourth-order valence-corrected chi connectivity index (χ4v) is 1.94. The Kier molecular flexibility index (Phi) is 7.43. The Balaban J connectivity index is 2.50. The van der Waals surface area contributed by atoms with Gasteiger partial charge in [-0.25, -0.2) is 0 Å². The third kappa shape index (κ3) is 6.02.